The molecule has 0 aromatic heterocycles. The van der Waals surface area contributed by atoms with Crippen molar-refractivity contribution < 1.29 is 9.59 Å². The van der Waals surface area contributed by atoms with E-state index in [0.29, 0.717) is 17.1 Å². The minimum Gasteiger partial charge on any atom is -0.340 e. The summed E-state index contributed by atoms with van der Waals surface area (Å²) in [5.41, 5.74) is 0.723. The quantitative estimate of drug-likeness (QED) is 0.911. The van der Waals surface area contributed by atoms with Crippen molar-refractivity contribution in [2.45, 2.75) is 45.7 Å². The molecule has 0 radical (unpaired) electrons. The van der Waals surface area contributed by atoms with Crippen molar-refractivity contribution in [1.29, 1.82) is 0 Å². The zero-order chi connectivity index (χ0) is 15.1. The van der Waals surface area contributed by atoms with Crippen LogP contribution >= 0.6 is 11.6 Å². The predicted molar refractivity (Wildman–Crippen MR) is 80.0 cm³/mol. The Morgan fingerprint density at radius 3 is 2.60 bits per heavy atom. The van der Waals surface area contributed by atoms with Crippen molar-refractivity contribution in [2.24, 2.45) is 0 Å². The lowest BCUT2D eigenvalue weighted by molar-refractivity contribution is -0.137. The molecular weight excluding hydrogens is 276 g/mol. The number of hydrogen-bond acceptors (Lipinski definition) is 2. The van der Waals surface area contributed by atoms with Crippen molar-refractivity contribution in [3.8, 4) is 0 Å². The van der Waals surface area contributed by atoms with Crippen molar-refractivity contribution in [3.05, 3.63) is 28.8 Å². The van der Waals surface area contributed by atoms with E-state index in [2.05, 4.69) is 5.32 Å². The summed E-state index contributed by atoms with van der Waals surface area (Å²) in [5.74, 6) is -0.245. The molecule has 108 valence electrons. The maximum absolute atomic E-state index is 12.7. The molecule has 0 bridgehead atoms. The first-order chi connectivity index (χ1) is 9.27. The minimum atomic E-state index is -0.905. The van der Waals surface area contributed by atoms with Gasteiger partial charge in [0.25, 0.3) is 5.91 Å². The number of aryl methyl sites for hydroxylation is 1. The fourth-order valence-corrected chi connectivity index (χ4v) is 2.66. The highest BCUT2D eigenvalue weighted by Crippen LogP contribution is 2.31. The van der Waals surface area contributed by atoms with Crippen LogP contribution in [0.1, 0.15) is 32.8 Å². The van der Waals surface area contributed by atoms with Gasteiger partial charge in [0, 0.05) is 10.7 Å². The van der Waals surface area contributed by atoms with Crippen LogP contribution in [-0.4, -0.2) is 23.4 Å². The van der Waals surface area contributed by atoms with Crippen LogP contribution in [0, 0.1) is 6.92 Å². The van der Waals surface area contributed by atoms with Crippen molar-refractivity contribution in [1.82, 2.24) is 5.32 Å². The molecule has 1 unspecified atom stereocenters. The molecule has 1 N–H and O–H groups in total. The monoisotopic (exact) mass is 294 g/mol. The van der Waals surface area contributed by atoms with Crippen LogP contribution in [0.15, 0.2) is 18.2 Å². The number of anilines is 1. The highest BCUT2D eigenvalue weighted by Gasteiger charge is 2.45. The standard InChI is InChI=1S/C15H19ClN2O2/c1-5-11-13(19)17-15(3,4)14(20)18(11)12-8-10(16)7-6-9(12)2/h6-8,11H,5H2,1-4H3,(H,17,19). The first-order valence-electron chi connectivity index (χ1n) is 6.69. The fourth-order valence-electron chi connectivity index (χ4n) is 2.49. The van der Waals surface area contributed by atoms with Crippen LogP contribution in [-0.2, 0) is 9.59 Å². The van der Waals surface area contributed by atoms with Gasteiger partial charge in [0.1, 0.15) is 11.6 Å². The Labute approximate surface area is 124 Å². The molecule has 1 fully saturated rings. The zero-order valence-corrected chi connectivity index (χ0v) is 12.9. The van der Waals surface area contributed by atoms with E-state index in [1.807, 2.05) is 19.9 Å². The maximum Gasteiger partial charge on any atom is 0.252 e. The van der Waals surface area contributed by atoms with E-state index in [0.717, 1.165) is 5.56 Å². The van der Waals surface area contributed by atoms with E-state index in [4.69, 9.17) is 11.6 Å². The van der Waals surface area contributed by atoms with Crippen LogP contribution in [0.25, 0.3) is 0 Å². The molecule has 2 rings (SSSR count). The molecular formula is C15H19ClN2O2. The molecule has 1 saturated heterocycles. The average Bonchev–Trinajstić information content (AvgIpc) is 2.36. The predicted octanol–water partition coefficient (Wildman–Crippen LogP) is 2.67. The van der Waals surface area contributed by atoms with E-state index in [-0.39, 0.29) is 11.8 Å². The number of carbonyl (C=O) groups excluding carboxylic acids is 2. The van der Waals surface area contributed by atoms with Crippen LogP contribution in [0.3, 0.4) is 0 Å². The van der Waals surface area contributed by atoms with Gasteiger partial charge in [-0.2, -0.15) is 0 Å². The molecule has 0 spiro atoms. The normalized spacial score (nSPS) is 21.9. The topological polar surface area (TPSA) is 49.4 Å². The third-order valence-corrected chi connectivity index (χ3v) is 3.86. The van der Waals surface area contributed by atoms with E-state index >= 15 is 0 Å². The summed E-state index contributed by atoms with van der Waals surface area (Å²) >= 11 is 6.04. The van der Waals surface area contributed by atoms with Gasteiger partial charge in [-0.3, -0.25) is 14.5 Å². The Morgan fingerprint density at radius 1 is 1.35 bits per heavy atom. The Morgan fingerprint density at radius 2 is 2.00 bits per heavy atom. The first kappa shape index (κ1) is 14.9. The SMILES string of the molecule is CCC1C(=O)NC(C)(C)C(=O)N1c1cc(Cl)ccc1C. The smallest absolute Gasteiger partial charge is 0.252 e. The van der Waals surface area contributed by atoms with Crippen LogP contribution in [0.2, 0.25) is 5.02 Å². The molecule has 1 aliphatic heterocycles. The lowest BCUT2D eigenvalue weighted by atomic mass is 9.94. The number of rotatable bonds is 2. The maximum atomic E-state index is 12.7. The summed E-state index contributed by atoms with van der Waals surface area (Å²) in [4.78, 5) is 26.5. The van der Waals surface area contributed by atoms with Crippen LogP contribution < -0.4 is 10.2 Å². The fraction of sp³-hybridized carbons (Fsp3) is 0.467. The number of nitrogens with one attached hydrogen (secondary N) is 1. The van der Waals surface area contributed by atoms with Gasteiger partial charge in [-0.15, -0.1) is 0 Å². The molecule has 1 atom stereocenters. The van der Waals surface area contributed by atoms with E-state index in [1.165, 1.54) is 0 Å². The number of nitrogens with zero attached hydrogens (tertiary/aromatic N) is 1. The molecule has 1 aromatic rings. The number of piperazine rings is 1. The number of benzene rings is 1. The molecule has 20 heavy (non-hydrogen) atoms. The largest absolute Gasteiger partial charge is 0.340 e. The van der Waals surface area contributed by atoms with Crippen molar-refractivity contribution >= 4 is 29.1 Å². The summed E-state index contributed by atoms with van der Waals surface area (Å²) in [5, 5.41) is 3.33. The van der Waals surface area contributed by atoms with Gasteiger partial charge in [-0.05, 0) is 44.9 Å². The van der Waals surface area contributed by atoms with Gasteiger partial charge < -0.3 is 5.32 Å². The second kappa shape index (κ2) is 5.09. The molecule has 1 aliphatic rings. The third kappa shape index (κ3) is 2.40. The molecule has 0 aliphatic carbocycles. The highest BCUT2D eigenvalue weighted by atomic mass is 35.5. The number of hydrogen-bond donors (Lipinski definition) is 1. The zero-order valence-electron chi connectivity index (χ0n) is 12.2. The summed E-state index contributed by atoms with van der Waals surface area (Å²) in [6, 6.07) is 4.89. The van der Waals surface area contributed by atoms with Gasteiger partial charge in [0.2, 0.25) is 5.91 Å². The first-order valence-corrected chi connectivity index (χ1v) is 7.07. The van der Waals surface area contributed by atoms with Gasteiger partial charge in [-0.25, -0.2) is 0 Å². The molecule has 2 amide bonds. The highest BCUT2D eigenvalue weighted by molar-refractivity contribution is 6.31. The average molecular weight is 295 g/mol. The molecule has 1 aromatic carbocycles. The number of carbonyl (C=O) groups is 2. The lowest BCUT2D eigenvalue weighted by Gasteiger charge is -2.43. The van der Waals surface area contributed by atoms with Gasteiger partial charge >= 0.3 is 0 Å². The molecule has 0 saturated carbocycles. The van der Waals surface area contributed by atoms with Crippen molar-refractivity contribution in [3.63, 3.8) is 0 Å². The molecule has 1 heterocycles. The van der Waals surface area contributed by atoms with Crippen molar-refractivity contribution in [2.75, 3.05) is 4.90 Å². The van der Waals surface area contributed by atoms with Gasteiger partial charge in [-0.1, -0.05) is 24.6 Å². The van der Waals surface area contributed by atoms with Gasteiger partial charge in [0.05, 0.1) is 0 Å². The second-order valence-electron chi connectivity index (χ2n) is 5.64. The Bertz CT molecular complexity index is 569. The van der Waals surface area contributed by atoms with E-state index < -0.39 is 11.6 Å². The Kier molecular flexibility index (Phi) is 3.78. The summed E-state index contributed by atoms with van der Waals surface area (Å²) in [7, 11) is 0. The third-order valence-electron chi connectivity index (χ3n) is 3.62. The molecule has 5 heteroatoms. The van der Waals surface area contributed by atoms with E-state index in [9.17, 15) is 9.59 Å². The number of amides is 2. The summed E-state index contributed by atoms with van der Waals surface area (Å²) in [6.45, 7) is 7.23. The van der Waals surface area contributed by atoms with E-state index in [1.54, 1.807) is 30.9 Å². The van der Waals surface area contributed by atoms with Crippen LogP contribution in [0.4, 0.5) is 5.69 Å². The molecule has 4 nitrogen and oxygen atoms in total. The van der Waals surface area contributed by atoms with Gasteiger partial charge in [0.15, 0.2) is 0 Å². The lowest BCUT2D eigenvalue weighted by Crippen LogP contribution is -2.68. The summed E-state index contributed by atoms with van der Waals surface area (Å²) < 4.78 is 0. The second-order valence-corrected chi connectivity index (χ2v) is 6.08. The Hall–Kier alpha value is -1.55. The van der Waals surface area contributed by atoms with Crippen LogP contribution in [0.5, 0.6) is 0 Å². The summed E-state index contributed by atoms with van der Waals surface area (Å²) in [6.07, 6.45) is 0.555. The minimum absolute atomic E-state index is 0.116. The number of halogens is 1. The Balaban J connectivity index is 2.57.